The molecule has 1 fully saturated rings. The molecule has 1 amide bonds. The number of piperidine rings is 1. The SMILES string of the molecule is N#CCCCOc1cccc(NC(=O)C2CCN(S(=O)(=O)c3ccc4c(c3)CCC4)CC2)c1. The number of benzene rings is 2. The number of hydrogen-bond acceptors (Lipinski definition) is 5. The predicted molar refractivity (Wildman–Crippen MR) is 125 cm³/mol. The largest absolute Gasteiger partial charge is 0.493 e. The van der Waals surface area contributed by atoms with Crippen LogP contribution in [0.2, 0.25) is 0 Å². The number of sulfonamides is 1. The highest BCUT2D eigenvalue weighted by Gasteiger charge is 2.32. The highest BCUT2D eigenvalue weighted by Crippen LogP contribution is 2.29. The van der Waals surface area contributed by atoms with Crippen molar-refractivity contribution >= 4 is 21.6 Å². The number of aryl methyl sites for hydroxylation is 2. The molecule has 1 aliphatic carbocycles. The Bertz CT molecular complexity index is 1150. The van der Waals surface area contributed by atoms with Gasteiger partial charge < -0.3 is 10.1 Å². The first-order valence-electron chi connectivity index (χ1n) is 11.5. The van der Waals surface area contributed by atoms with Crippen LogP contribution in [-0.2, 0) is 27.7 Å². The second kappa shape index (κ2) is 10.4. The standard InChI is InChI=1S/C25H29N3O4S/c26-13-1-2-16-32-23-8-4-7-22(18-23)27-25(29)20-11-14-28(15-12-20)33(30,31)24-10-9-19-5-3-6-21(19)17-24/h4,7-10,17-18,20H,1-3,5-6,11-12,14-16H2,(H,27,29). The van der Waals surface area contributed by atoms with Crippen LogP contribution in [0.25, 0.3) is 0 Å². The van der Waals surface area contributed by atoms with Gasteiger partial charge in [0.05, 0.1) is 17.6 Å². The van der Waals surface area contributed by atoms with Crippen LogP contribution in [0.1, 0.15) is 43.2 Å². The van der Waals surface area contributed by atoms with E-state index in [4.69, 9.17) is 10.00 Å². The number of amides is 1. The number of nitrogens with one attached hydrogen (secondary N) is 1. The summed E-state index contributed by atoms with van der Waals surface area (Å²) in [5, 5.41) is 11.5. The lowest BCUT2D eigenvalue weighted by atomic mass is 9.97. The van der Waals surface area contributed by atoms with E-state index in [0.29, 0.717) is 61.7 Å². The normalized spacial score (nSPS) is 16.7. The second-order valence-corrected chi connectivity index (χ2v) is 10.5. The highest BCUT2D eigenvalue weighted by molar-refractivity contribution is 7.89. The van der Waals surface area contributed by atoms with Crippen LogP contribution in [0.5, 0.6) is 5.75 Å². The second-order valence-electron chi connectivity index (χ2n) is 8.59. The third kappa shape index (κ3) is 5.55. The van der Waals surface area contributed by atoms with Crippen LogP contribution in [0.4, 0.5) is 5.69 Å². The molecule has 4 rings (SSSR count). The van der Waals surface area contributed by atoms with Gasteiger partial charge in [-0.3, -0.25) is 4.79 Å². The van der Waals surface area contributed by atoms with Crippen molar-refractivity contribution in [3.8, 4) is 11.8 Å². The van der Waals surface area contributed by atoms with E-state index in [1.54, 1.807) is 24.3 Å². The Morgan fingerprint density at radius 2 is 1.91 bits per heavy atom. The van der Waals surface area contributed by atoms with E-state index in [1.807, 2.05) is 18.2 Å². The smallest absolute Gasteiger partial charge is 0.243 e. The molecule has 0 radical (unpaired) electrons. The van der Waals surface area contributed by atoms with Crippen LogP contribution >= 0.6 is 0 Å². The monoisotopic (exact) mass is 467 g/mol. The Labute approximate surface area is 195 Å². The zero-order valence-corrected chi connectivity index (χ0v) is 19.4. The molecule has 0 aromatic heterocycles. The maximum atomic E-state index is 13.1. The minimum atomic E-state index is -3.55. The molecule has 0 unspecified atom stereocenters. The summed E-state index contributed by atoms with van der Waals surface area (Å²) in [4.78, 5) is 13.1. The van der Waals surface area contributed by atoms with E-state index < -0.39 is 10.0 Å². The van der Waals surface area contributed by atoms with E-state index in [9.17, 15) is 13.2 Å². The summed E-state index contributed by atoms with van der Waals surface area (Å²) in [6.07, 6.45) is 5.10. The molecule has 33 heavy (non-hydrogen) atoms. The van der Waals surface area contributed by atoms with Gasteiger partial charge in [0.1, 0.15) is 5.75 Å². The summed E-state index contributed by atoms with van der Waals surface area (Å²) in [6, 6.07) is 14.7. The minimum Gasteiger partial charge on any atom is -0.493 e. The first kappa shape index (κ1) is 23.3. The topological polar surface area (TPSA) is 99.5 Å². The molecular formula is C25H29N3O4S. The van der Waals surface area contributed by atoms with Gasteiger partial charge in [-0.15, -0.1) is 0 Å². The molecular weight excluding hydrogens is 438 g/mol. The molecule has 174 valence electrons. The molecule has 0 spiro atoms. The zero-order valence-electron chi connectivity index (χ0n) is 18.6. The molecule has 1 N–H and O–H groups in total. The van der Waals surface area contributed by atoms with Gasteiger partial charge in [-0.2, -0.15) is 9.57 Å². The van der Waals surface area contributed by atoms with Crippen molar-refractivity contribution in [3.05, 3.63) is 53.6 Å². The molecule has 7 nitrogen and oxygen atoms in total. The van der Waals surface area contributed by atoms with Crippen molar-refractivity contribution in [2.24, 2.45) is 5.92 Å². The first-order chi connectivity index (χ1) is 16.0. The molecule has 0 saturated carbocycles. The predicted octanol–water partition coefficient (Wildman–Crippen LogP) is 3.90. The Kier molecular flexibility index (Phi) is 7.31. The highest BCUT2D eigenvalue weighted by atomic mass is 32.2. The van der Waals surface area contributed by atoms with Gasteiger partial charge in [0.25, 0.3) is 0 Å². The lowest BCUT2D eigenvalue weighted by Gasteiger charge is -2.30. The number of nitriles is 1. The summed E-state index contributed by atoms with van der Waals surface area (Å²) in [5.74, 6) is 0.295. The molecule has 1 aliphatic heterocycles. The molecule has 2 aliphatic rings. The Hall–Kier alpha value is -2.89. The van der Waals surface area contributed by atoms with Gasteiger partial charge in [0, 0.05) is 37.2 Å². The van der Waals surface area contributed by atoms with Crippen LogP contribution in [0, 0.1) is 17.2 Å². The van der Waals surface area contributed by atoms with Crippen LogP contribution < -0.4 is 10.1 Å². The van der Waals surface area contributed by atoms with Crippen molar-refractivity contribution in [3.63, 3.8) is 0 Å². The number of rotatable bonds is 8. The van der Waals surface area contributed by atoms with E-state index in [0.717, 1.165) is 24.8 Å². The Morgan fingerprint density at radius 1 is 1.12 bits per heavy atom. The number of anilines is 1. The third-order valence-corrected chi connectivity index (χ3v) is 8.23. The summed E-state index contributed by atoms with van der Waals surface area (Å²) in [5.41, 5.74) is 3.04. The van der Waals surface area contributed by atoms with Crippen molar-refractivity contribution in [2.75, 3.05) is 25.0 Å². The van der Waals surface area contributed by atoms with Gasteiger partial charge >= 0.3 is 0 Å². The molecule has 0 atom stereocenters. The fraction of sp³-hybridized carbons (Fsp3) is 0.440. The zero-order chi connectivity index (χ0) is 23.3. The molecule has 2 aromatic rings. The summed E-state index contributed by atoms with van der Waals surface area (Å²) < 4.78 is 33.4. The number of nitrogens with zero attached hydrogens (tertiary/aromatic N) is 2. The maximum Gasteiger partial charge on any atom is 0.243 e. The van der Waals surface area contributed by atoms with Gasteiger partial charge in [-0.05, 0) is 73.9 Å². The molecule has 1 saturated heterocycles. The molecule has 0 bridgehead atoms. The quantitative estimate of drug-likeness (QED) is 0.594. The Morgan fingerprint density at radius 3 is 2.70 bits per heavy atom. The van der Waals surface area contributed by atoms with Gasteiger partial charge in [-0.1, -0.05) is 12.1 Å². The van der Waals surface area contributed by atoms with Crippen molar-refractivity contribution in [1.82, 2.24) is 4.31 Å². The van der Waals surface area contributed by atoms with E-state index in [1.165, 1.54) is 9.87 Å². The average molecular weight is 468 g/mol. The third-order valence-electron chi connectivity index (χ3n) is 6.34. The van der Waals surface area contributed by atoms with Crippen molar-refractivity contribution in [1.29, 1.82) is 5.26 Å². The number of fused-ring (bicyclic) bond motifs is 1. The molecule has 8 heteroatoms. The average Bonchev–Trinajstić information content (AvgIpc) is 3.30. The summed E-state index contributed by atoms with van der Waals surface area (Å²) >= 11 is 0. The van der Waals surface area contributed by atoms with Crippen LogP contribution in [0.15, 0.2) is 47.4 Å². The molecule has 1 heterocycles. The van der Waals surface area contributed by atoms with Crippen LogP contribution in [0.3, 0.4) is 0 Å². The fourth-order valence-corrected chi connectivity index (χ4v) is 5.99. The number of hydrogen-bond donors (Lipinski definition) is 1. The first-order valence-corrected chi connectivity index (χ1v) is 12.9. The van der Waals surface area contributed by atoms with Gasteiger partial charge in [0.15, 0.2) is 0 Å². The summed E-state index contributed by atoms with van der Waals surface area (Å²) in [7, 11) is -3.55. The number of unbranched alkanes of at least 4 members (excludes halogenated alkanes) is 1. The Balaban J connectivity index is 1.31. The van der Waals surface area contributed by atoms with Crippen molar-refractivity contribution < 1.29 is 17.9 Å². The van der Waals surface area contributed by atoms with Crippen molar-refractivity contribution in [2.45, 2.75) is 49.8 Å². The van der Waals surface area contributed by atoms with Crippen LogP contribution in [-0.4, -0.2) is 38.3 Å². The summed E-state index contributed by atoms with van der Waals surface area (Å²) in [6.45, 7) is 1.11. The fourth-order valence-electron chi connectivity index (χ4n) is 4.47. The minimum absolute atomic E-state index is 0.105. The number of carbonyl (C=O) groups excluding carboxylic acids is 1. The lowest BCUT2D eigenvalue weighted by molar-refractivity contribution is -0.120. The van der Waals surface area contributed by atoms with E-state index >= 15 is 0 Å². The van der Waals surface area contributed by atoms with Gasteiger partial charge in [-0.25, -0.2) is 8.42 Å². The molecule has 2 aromatic carbocycles. The number of ether oxygens (including phenoxy) is 1. The van der Waals surface area contributed by atoms with Gasteiger partial charge in [0.2, 0.25) is 15.9 Å². The lowest BCUT2D eigenvalue weighted by Crippen LogP contribution is -2.41. The maximum absolute atomic E-state index is 13.1. The van der Waals surface area contributed by atoms with E-state index in [-0.39, 0.29) is 11.8 Å². The number of carbonyl (C=O) groups is 1. The van der Waals surface area contributed by atoms with E-state index in [2.05, 4.69) is 11.4 Å².